The van der Waals surface area contributed by atoms with Crippen molar-refractivity contribution in [3.05, 3.63) is 237 Å². The number of pyridine rings is 1. The average molecular weight is 1180 g/mol. The van der Waals surface area contributed by atoms with Crippen LogP contribution in [0.3, 0.4) is 0 Å². The van der Waals surface area contributed by atoms with Gasteiger partial charge in [0, 0.05) is 6.20 Å². The Bertz CT molecular complexity index is 4450. The molecule has 4 aromatic heterocycles. The summed E-state index contributed by atoms with van der Waals surface area (Å²) in [4.78, 5) is 4.91. The van der Waals surface area contributed by atoms with Crippen molar-refractivity contribution in [2.45, 2.75) is 67.7 Å². The van der Waals surface area contributed by atoms with Crippen LogP contribution in [0, 0.1) is 57.5 Å². The molecule has 0 aliphatic rings. The zero-order chi connectivity index (χ0) is 53.0. The quantitative estimate of drug-likeness (QED) is 0.142. The van der Waals surface area contributed by atoms with Crippen molar-refractivity contribution < 1.29 is 24.1 Å². The van der Waals surface area contributed by atoms with Crippen molar-refractivity contribution in [3.63, 3.8) is 0 Å². The number of benzene rings is 9. The summed E-state index contributed by atoms with van der Waals surface area (Å²) in [5.74, 6) is 2.03. The molecule has 77 heavy (non-hydrogen) atoms. The summed E-state index contributed by atoms with van der Waals surface area (Å²) in [6.45, 7) is 20.2. The van der Waals surface area contributed by atoms with Gasteiger partial charge in [0.1, 0.15) is 0 Å². The first-order valence-electron chi connectivity index (χ1n) is 26.4. The molecule has 0 saturated carbocycles. The number of nitrogens with zero attached hydrogens (tertiary/aromatic N) is 5. The summed E-state index contributed by atoms with van der Waals surface area (Å²) < 4.78 is 17.3. The number of ether oxygens (including phenoxy) is 1. The third-order valence-electron chi connectivity index (χ3n) is 15.4. The van der Waals surface area contributed by atoms with Gasteiger partial charge >= 0.3 is 407 Å². The summed E-state index contributed by atoms with van der Waals surface area (Å²) >= 11 is 2.55. The molecule has 0 N–H and O–H groups in total. The Morgan fingerprint density at radius 2 is 0.948 bits per heavy atom. The molecule has 0 spiro atoms. The molecule has 13 rings (SSSR count). The summed E-state index contributed by atoms with van der Waals surface area (Å²) in [6, 6.07) is 71.1. The van der Waals surface area contributed by atoms with Gasteiger partial charge in [-0.1, -0.05) is 32.9 Å². The first-order chi connectivity index (χ1) is 37.2. The van der Waals surface area contributed by atoms with E-state index in [-0.39, 0.29) is 5.41 Å². The van der Waals surface area contributed by atoms with Crippen LogP contribution < -0.4 is 4.74 Å². The fourth-order valence-electron chi connectivity index (χ4n) is 12.3. The van der Waals surface area contributed by atoms with Gasteiger partial charge in [0.25, 0.3) is 0 Å². The van der Waals surface area contributed by atoms with Crippen LogP contribution in [0.5, 0.6) is 11.5 Å². The van der Waals surface area contributed by atoms with Crippen LogP contribution in [-0.2, 0) is 24.8 Å². The monoisotopic (exact) mass is 1180 g/mol. The van der Waals surface area contributed by atoms with Crippen molar-refractivity contribution >= 4 is 54.6 Å². The van der Waals surface area contributed by atoms with Gasteiger partial charge in [0.2, 0.25) is 0 Å². The van der Waals surface area contributed by atoms with Crippen molar-refractivity contribution in [1.29, 1.82) is 0 Å². The van der Waals surface area contributed by atoms with E-state index in [1.807, 2.05) is 18.3 Å². The van der Waals surface area contributed by atoms with E-state index in [0.717, 1.165) is 70.7 Å². The van der Waals surface area contributed by atoms with Crippen LogP contribution in [0.25, 0.3) is 99.8 Å². The number of fused-ring (bicyclic) bond motifs is 7. The van der Waals surface area contributed by atoms with Crippen LogP contribution in [0.4, 0.5) is 0 Å². The standard InChI is InChI=1S/C70H57N5O.Pt/c1-43-33-45(3)67(46(4)34-43)58-39-51(74-60-24-13-10-21-54(60)55-22-11-14-25-61(55)74)40-59(68-47(5)35-44(2)36-48(68)6)69(58)73-42-72(63-27-16-17-28-64(63)73)50-19-18-20-52(38-50)76-53-29-30-57-56-23-12-15-26-62(56)75(65(57)41-53)66-37-49(31-32-71-66)70(7,8)9;/h10-37,39-40H,1-9H3;/q-2;. The van der Waals surface area contributed by atoms with Crippen LogP contribution in [0.15, 0.2) is 182 Å². The molecule has 0 aliphatic carbocycles. The molecule has 6 nitrogen and oxygen atoms in total. The molecule has 13 aromatic rings. The second kappa shape index (κ2) is 18.5. The number of aromatic nitrogens is 5. The van der Waals surface area contributed by atoms with E-state index < -0.39 is 0 Å². The molecule has 0 aliphatic heterocycles. The predicted octanol–water partition coefficient (Wildman–Crippen LogP) is 18.0. The first kappa shape index (κ1) is 48.3. The number of para-hydroxylation sites is 5. The van der Waals surface area contributed by atoms with Crippen molar-refractivity contribution in [2.24, 2.45) is 0 Å². The summed E-state index contributed by atoms with van der Waals surface area (Å²) in [5.41, 5.74) is 22.9. The second-order valence-electron chi connectivity index (χ2n) is 21.8. The molecule has 0 atom stereocenters. The molecule has 0 bridgehead atoms. The zero-order valence-electron chi connectivity index (χ0n) is 44.8. The van der Waals surface area contributed by atoms with E-state index in [4.69, 9.17) is 9.72 Å². The molecule has 7 heteroatoms. The molecular weight excluding hydrogens is 1120 g/mol. The predicted molar refractivity (Wildman–Crippen MR) is 315 cm³/mol. The number of imidazole rings is 1. The van der Waals surface area contributed by atoms with Gasteiger partial charge in [-0.15, -0.1) is 0 Å². The summed E-state index contributed by atoms with van der Waals surface area (Å²) in [5, 5.41) is 4.69. The Balaban J connectivity index is 1.03. The first-order valence-corrected chi connectivity index (χ1v) is 27.5. The van der Waals surface area contributed by atoms with Gasteiger partial charge < -0.3 is 0 Å². The van der Waals surface area contributed by atoms with Gasteiger partial charge in [-0.05, 0) is 17.0 Å². The SMILES string of the molecule is Cc1cc(C)c(-c2cc(-n3c4ccccc4c4ccccc43)cc(-c3c(C)cc(C)cc3C)c2-n2[c](=[Pt])n(-c3[c-]c(Oc4[c-]c5c(cc4)c4ccccc4n5-c4cc(C(C)(C)C)ccn4)ccc3)c3ccccc32)c(C)c1. The van der Waals surface area contributed by atoms with Crippen LogP contribution >= 0.6 is 0 Å². The van der Waals surface area contributed by atoms with Crippen molar-refractivity contribution in [3.8, 4) is 56.6 Å². The topological polar surface area (TPSA) is 41.8 Å². The molecular formula is C70H57N5OPt-2. The fourth-order valence-corrected chi connectivity index (χ4v) is 13.3. The Kier molecular flexibility index (Phi) is 11.6. The number of hydrogen-bond acceptors (Lipinski definition) is 2. The molecule has 0 amide bonds. The molecule has 0 fully saturated rings. The average Bonchev–Trinajstić information content (AvgIpc) is 4.21. The number of aryl methyl sites for hydroxylation is 6. The van der Waals surface area contributed by atoms with E-state index in [2.05, 4.69) is 276 Å². The van der Waals surface area contributed by atoms with Gasteiger partial charge in [0.05, 0.1) is 0 Å². The Morgan fingerprint density at radius 3 is 1.51 bits per heavy atom. The Hall–Kier alpha value is -8.31. The minimum atomic E-state index is -0.0422. The third kappa shape index (κ3) is 8.03. The molecule has 0 unspecified atom stereocenters. The van der Waals surface area contributed by atoms with E-state index in [9.17, 15) is 0 Å². The molecule has 9 aromatic carbocycles. The van der Waals surface area contributed by atoms with Gasteiger partial charge in [-0.25, -0.2) is 0 Å². The maximum absolute atomic E-state index is 6.82. The summed E-state index contributed by atoms with van der Waals surface area (Å²) in [7, 11) is 0. The molecule has 0 saturated heterocycles. The van der Waals surface area contributed by atoms with E-state index in [1.165, 1.54) is 71.9 Å². The minimum absolute atomic E-state index is 0.0422. The summed E-state index contributed by atoms with van der Waals surface area (Å²) in [6.07, 6.45) is 1.91. The van der Waals surface area contributed by atoms with Crippen molar-refractivity contribution in [1.82, 2.24) is 23.3 Å². The van der Waals surface area contributed by atoms with Gasteiger partial charge in [0.15, 0.2) is 0 Å². The fraction of sp³-hybridized carbons (Fsp3) is 0.143. The normalized spacial score (nSPS) is 12.0. The number of rotatable bonds is 8. The van der Waals surface area contributed by atoms with Crippen LogP contribution in [0.2, 0.25) is 0 Å². The van der Waals surface area contributed by atoms with Gasteiger partial charge in [-0.2, -0.15) is 0 Å². The van der Waals surface area contributed by atoms with E-state index in [0.29, 0.717) is 11.5 Å². The maximum atomic E-state index is 6.82. The zero-order valence-corrected chi connectivity index (χ0v) is 47.1. The molecule has 4 heterocycles. The second-order valence-corrected chi connectivity index (χ2v) is 22.8. The van der Waals surface area contributed by atoms with Crippen LogP contribution in [-0.4, -0.2) is 23.3 Å². The molecule has 380 valence electrons. The number of hydrogen-bond donors (Lipinski definition) is 0. The van der Waals surface area contributed by atoms with Crippen molar-refractivity contribution in [2.75, 3.05) is 0 Å². The Morgan fingerprint density at radius 1 is 0.455 bits per heavy atom. The van der Waals surface area contributed by atoms with E-state index in [1.54, 1.807) is 0 Å². The third-order valence-corrected chi connectivity index (χ3v) is 16.4. The Labute approximate surface area is 460 Å². The van der Waals surface area contributed by atoms with Crippen LogP contribution in [0.1, 0.15) is 59.7 Å². The molecule has 0 radical (unpaired) electrons. The van der Waals surface area contributed by atoms with E-state index >= 15 is 0 Å². The van der Waals surface area contributed by atoms with Gasteiger partial charge in [-0.3, -0.25) is 0 Å².